The van der Waals surface area contributed by atoms with Crippen molar-refractivity contribution < 1.29 is 17.9 Å². The summed E-state index contributed by atoms with van der Waals surface area (Å²) in [4.78, 5) is 8.68. The number of ether oxygens (including phenoxy) is 2. The molecule has 0 aliphatic carbocycles. The Morgan fingerprint density at radius 1 is 1.11 bits per heavy atom. The minimum Gasteiger partial charge on any atom is -0.494 e. The summed E-state index contributed by atoms with van der Waals surface area (Å²) in [7, 11) is -0.487. The van der Waals surface area contributed by atoms with E-state index in [1.54, 1.807) is 45.3 Å². The number of sulfone groups is 1. The maximum Gasteiger partial charge on any atom is 0.160 e. The summed E-state index contributed by atoms with van der Waals surface area (Å²) in [5.74, 6) is 3.02. The molecule has 3 heterocycles. The van der Waals surface area contributed by atoms with Gasteiger partial charge < -0.3 is 9.47 Å². The van der Waals surface area contributed by atoms with Crippen molar-refractivity contribution in [2.45, 2.75) is 55.8 Å². The minimum absolute atomic E-state index is 0.117. The third-order valence-corrected chi connectivity index (χ3v) is 9.98. The van der Waals surface area contributed by atoms with Crippen molar-refractivity contribution in [1.82, 2.24) is 24.7 Å². The van der Waals surface area contributed by atoms with E-state index in [9.17, 15) is 8.42 Å². The number of rotatable bonds is 9. The highest BCUT2D eigenvalue weighted by Crippen LogP contribution is 2.43. The molecule has 1 fully saturated rings. The Kier molecular flexibility index (Phi) is 7.65. The van der Waals surface area contributed by atoms with Crippen molar-refractivity contribution in [1.29, 1.82) is 0 Å². The van der Waals surface area contributed by atoms with Crippen molar-refractivity contribution in [3.05, 3.63) is 53.6 Å². The van der Waals surface area contributed by atoms with E-state index in [4.69, 9.17) is 9.47 Å². The smallest absolute Gasteiger partial charge is 0.160 e. The first kappa shape index (κ1) is 25.4. The first-order valence-electron chi connectivity index (χ1n) is 11.5. The van der Waals surface area contributed by atoms with Crippen molar-refractivity contribution in [2.24, 2.45) is 0 Å². The second kappa shape index (κ2) is 10.5. The van der Waals surface area contributed by atoms with E-state index in [1.165, 1.54) is 0 Å². The van der Waals surface area contributed by atoms with E-state index in [0.717, 1.165) is 24.2 Å². The van der Waals surface area contributed by atoms with Crippen LogP contribution in [0.1, 0.15) is 60.9 Å². The van der Waals surface area contributed by atoms with E-state index in [1.807, 2.05) is 36.6 Å². The number of hydrogen-bond acceptors (Lipinski definition) is 9. The van der Waals surface area contributed by atoms with Gasteiger partial charge >= 0.3 is 0 Å². The molecule has 11 heteroatoms. The van der Waals surface area contributed by atoms with Gasteiger partial charge in [0, 0.05) is 18.3 Å². The first-order chi connectivity index (χ1) is 16.8. The summed E-state index contributed by atoms with van der Waals surface area (Å²) < 4.78 is 40.3. The fourth-order valence-corrected chi connectivity index (χ4v) is 6.99. The van der Waals surface area contributed by atoms with Gasteiger partial charge in [-0.15, -0.1) is 10.2 Å². The van der Waals surface area contributed by atoms with E-state index < -0.39 is 15.1 Å². The van der Waals surface area contributed by atoms with Crippen LogP contribution < -0.4 is 9.47 Å². The molecule has 35 heavy (non-hydrogen) atoms. The Morgan fingerprint density at radius 2 is 1.77 bits per heavy atom. The van der Waals surface area contributed by atoms with E-state index >= 15 is 0 Å². The lowest BCUT2D eigenvalue weighted by Crippen LogP contribution is -2.27. The quantitative estimate of drug-likeness (QED) is 0.415. The molecule has 2 aromatic heterocycles. The standard InChI is InChI=1S/C24H31N5O4S2/c1-15-12-25-23(26-13-15)16(2)17(3)35(30,31)14-21-27-28-24(20-10-7-11-34-20)29(21)22-18(32-4)8-6-9-19(22)33-5/h6,8-9,12-13,16-17,20H,7,10-11,14H2,1-5H3/t16-,17-,20+/m0/s1. The molecule has 0 bridgehead atoms. The highest BCUT2D eigenvalue weighted by molar-refractivity contribution is 7.99. The summed E-state index contributed by atoms with van der Waals surface area (Å²) in [6.45, 7) is 5.43. The van der Waals surface area contributed by atoms with Crippen molar-refractivity contribution in [3.63, 3.8) is 0 Å². The molecule has 9 nitrogen and oxygen atoms in total. The monoisotopic (exact) mass is 517 g/mol. The van der Waals surface area contributed by atoms with Crippen LogP contribution in [0, 0.1) is 6.92 Å². The maximum atomic E-state index is 13.6. The number of hydrogen-bond donors (Lipinski definition) is 0. The SMILES string of the molecule is COc1cccc(OC)c1-n1c(CS(=O)(=O)[C@@H](C)[C@H](C)c2ncc(C)cn2)nnc1[C@H]1CCCS1. The molecule has 3 aromatic rings. The van der Waals surface area contributed by atoms with Gasteiger partial charge in [0.25, 0.3) is 0 Å². The molecule has 1 aliphatic rings. The van der Waals surface area contributed by atoms with Gasteiger partial charge in [-0.1, -0.05) is 13.0 Å². The van der Waals surface area contributed by atoms with Gasteiger partial charge in [0.1, 0.15) is 28.8 Å². The lowest BCUT2D eigenvalue weighted by atomic mass is 10.1. The lowest BCUT2D eigenvalue weighted by Gasteiger charge is -2.21. The molecular formula is C24H31N5O4S2. The van der Waals surface area contributed by atoms with Crippen LogP contribution in [0.4, 0.5) is 0 Å². The fraction of sp³-hybridized carbons (Fsp3) is 0.500. The average molecular weight is 518 g/mol. The molecule has 1 saturated heterocycles. The summed E-state index contributed by atoms with van der Waals surface area (Å²) in [5.41, 5.74) is 1.53. The number of benzene rings is 1. The largest absolute Gasteiger partial charge is 0.494 e. The number of para-hydroxylation sites is 1. The second-order valence-corrected chi connectivity index (χ2v) is 12.4. The predicted octanol–water partition coefficient (Wildman–Crippen LogP) is 4.06. The highest BCUT2D eigenvalue weighted by atomic mass is 32.2. The van der Waals surface area contributed by atoms with Crippen LogP contribution in [0.25, 0.3) is 5.69 Å². The normalized spacial score (nSPS) is 17.8. The molecule has 1 aromatic carbocycles. The Morgan fingerprint density at radius 3 is 2.34 bits per heavy atom. The van der Waals surface area contributed by atoms with E-state index in [-0.39, 0.29) is 16.9 Å². The minimum atomic E-state index is -3.64. The zero-order valence-electron chi connectivity index (χ0n) is 20.6. The molecule has 4 rings (SSSR count). The van der Waals surface area contributed by atoms with Crippen LogP contribution in [0.2, 0.25) is 0 Å². The Labute approximate surface area is 210 Å². The molecule has 0 amide bonds. The fourth-order valence-electron chi connectivity index (χ4n) is 4.18. The van der Waals surface area contributed by atoms with Gasteiger partial charge in [-0.25, -0.2) is 18.4 Å². The molecule has 0 unspecified atom stereocenters. The zero-order chi connectivity index (χ0) is 25.2. The molecule has 1 aliphatic heterocycles. The number of thioether (sulfide) groups is 1. The molecule has 0 saturated carbocycles. The topological polar surface area (TPSA) is 109 Å². The van der Waals surface area contributed by atoms with Crippen LogP contribution in [0.3, 0.4) is 0 Å². The Hall–Kier alpha value is -2.66. The van der Waals surface area contributed by atoms with Gasteiger partial charge in [0.15, 0.2) is 21.5 Å². The number of methoxy groups -OCH3 is 2. The number of nitrogens with zero attached hydrogens (tertiary/aromatic N) is 5. The number of aromatic nitrogens is 5. The molecule has 0 N–H and O–H groups in total. The van der Waals surface area contributed by atoms with Crippen LogP contribution in [-0.2, 0) is 15.6 Å². The van der Waals surface area contributed by atoms with E-state index in [2.05, 4.69) is 20.2 Å². The molecular weight excluding hydrogens is 486 g/mol. The van der Waals surface area contributed by atoms with Crippen molar-refractivity contribution in [2.75, 3.05) is 20.0 Å². The molecule has 188 valence electrons. The second-order valence-electron chi connectivity index (χ2n) is 8.74. The molecule has 0 spiro atoms. The summed E-state index contributed by atoms with van der Waals surface area (Å²) in [6, 6.07) is 5.47. The Bertz CT molecular complexity index is 1250. The zero-order valence-corrected chi connectivity index (χ0v) is 22.3. The molecule has 3 atom stereocenters. The first-order valence-corrected chi connectivity index (χ1v) is 14.3. The third-order valence-electron chi connectivity index (χ3n) is 6.41. The summed E-state index contributed by atoms with van der Waals surface area (Å²) in [6.07, 6.45) is 5.43. The van der Waals surface area contributed by atoms with Crippen LogP contribution in [0.5, 0.6) is 11.5 Å². The van der Waals surface area contributed by atoms with Crippen LogP contribution in [-0.4, -0.2) is 58.4 Å². The number of aryl methyl sites for hydroxylation is 1. The van der Waals surface area contributed by atoms with Gasteiger partial charge in [0.05, 0.1) is 24.7 Å². The lowest BCUT2D eigenvalue weighted by molar-refractivity contribution is 0.390. The summed E-state index contributed by atoms with van der Waals surface area (Å²) in [5, 5.41) is 8.24. The molecule has 0 radical (unpaired) electrons. The third kappa shape index (κ3) is 5.16. The Balaban J connectivity index is 1.76. The van der Waals surface area contributed by atoms with Crippen molar-refractivity contribution in [3.8, 4) is 17.2 Å². The van der Waals surface area contributed by atoms with Crippen molar-refractivity contribution >= 4 is 21.6 Å². The van der Waals surface area contributed by atoms with Crippen LogP contribution in [0.15, 0.2) is 30.6 Å². The van der Waals surface area contributed by atoms with Crippen LogP contribution >= 0.6 is 11.8 Å². The van der Waals surface area contributed by atoms with Gasteiger partial charge in [-0.2, -0.15) is 11.8 Å². The summed E-state index contributed by atoms with van der Waals surface area (Å²) >= 11 is 1.80. The average Bonchev–Trinajstić information content (AvgIpc) is 3.52. The van der Waals surface area contributed by atoms with Gasteiger partial charge in [0.2, 0.25) is 0 Å². The predicted molar refractivity (Wildman–Crippen MR) is 136 cm³/mol. The highest BCUT2D eigenvalue weighted by Gasteiger charge is 2.34. The maximum absolute atomic E-state index is 13.6. The van der Waals surface area contributed by atoms with Gasteiger partial charge in [-0.3, -0.25) is 4.57 Å². The van der Waals surface area contributed by atoms with E-state index in [0.29, 0.717) is 34.7 Å². The van der Waals surface area contributed by atoms with Gasteiger partial charge in [-0.05, 0) is 50.1 Å².